The molecule has 2 N–H and O–H groups in total. The van der Waals surface area contributed by atoms with Crippen LogP contribution < -0.4 is 10.6 Å². The molecule has 4 aromatic rings. The van der Waals surface area contributed by atoms with Crippen LogP contribution in [0.5, 0.6) is 0 Å². The average molecular weight is 580 g/mol. The number of nitrogens with one attached hydrogen (secondary N) is 2. The predicted molar refractivity (Wildman–Crippen MR) is 154 cm³/mol. The quantitative estimate of drug-likeness (QED) is 0.276. The van der Waals surface area contributed by atoms with Gasteiger partial charge >= 0.3 is 6.18 Å². The van der Waals surface area contributed by atoms with Gasteiger partial charge in [0.25, 0.3) is 5.91 Å². The van der Waals surface area contributed by atoms with E-state index < -0.39 is 24.0 Å². The Morgan fingerprint density at radius 3 is 2.76 bits per heavy atom. The first-order valence-electron chi connectivity index (χ1n) is 13.3. The first-order valence-corrected chi connectivity index (χ1v) is 13.3. The van der Waals surface area contributed by atoms with Crippen molar-refractivity contribution in [3.8, 4) is 5.69 Å². The second-order valence-electron chi connectivity index (χ2n) is 10.1. The average Bonchev–Trinajstić information content (AvgIpc) is 3.47. The maximum Gasteiger partial charge on any atom is 0.417 e. The molecule has 1 aliphatic rings. The Balaban J connectivity index is 1.37. The SMILES string of the molecule is C=C(c1nc(/C=C/CNC(=O)c2cnn(-c3cccnc3)c2)cc2c(N[C@@H]3CCN(C)C[C@@H]3F)cccc12)C(F)(F)F. The monoisotopic (exact) mass is 579 g/mol. The van der Waals surface area contributed by atoms with Crippen molar-refractivity contribution in [2.75, 3.05) is 32.0 Å². The predicted octanol–water partition coefficient (Wildman–Crippen LogP) is 5.29. The summed E-state index contributed by atoms with van der Waals surface area (Å²) < 4.78 is 57.5. The summed E-state index contributed by atoms with van der Waals surface area (Å²) in [5, 5.41) is 10.8. The molecule has 5 rings (SSSR count). The minimum Gasteiger partial charge on any atom is -0.379 e. The molecular formula is C30H29F4N7O. The molecule has 4 heterocycles. The number of amides is 1. The number of hydrogen-bond donors (Lipinski definition) is 2. The standard InChI is InChI=1S/C30H29F4N7O/c1-19(30(32,33)34)28-23-8-3-9-26(39-27-10-13-40(2)18-25(27)31)24(23)14-21(38-28)6-4-12-36-29(42)20-15-37-41(17-20)22-7-5-11-35-16-22/h3-9,11,14-17,25,27,39H,1,10,12-13,18H2,2H3,(H,36,42)/b6-4+/t25-,27+/m0/s1. The summed E-state index contributed by atoms with van der Waals surface area (Å²) in [6.45, 7) is 4.32. The first kappa shape index (κ1) is 28.9. The second-order valence-corrected chi connectivity index (χ2v) is 10.1. The van der Waals surface area contributed by atoms with Gasteiger partial charge in [-0.15, -0.1) is 0 Å². The number of aromatic nitrogens is 4. The molecule has 1 aromatic carbocycles. The van der Waals surface area contributed by atoms with Crippen LogP contribution in [0.25, 0.3) is 28.1 Å². The fourth-order valence-electron chi connectivity index (χ4n) is 4.80. The number of piperidine rings is 1. The zero-order valence-corrected chi connectivity index (χ0v) is 22.8. The summed E-state index contributed by atoms with van der Waals surface area (Å²) in [6.07, 6.45) is 4.06. The van der Waals surface area contributed by atoms with Crippen LogP contribution in [-0.2, 0) is 0 Å². The van der Waals surface area contributed by atoms with Crippen LogP contribution >= 0.6 is 0 Å². The van der Waals surface area contributed by atoms with E-state index in [1.807, 2.05) is 11.9 Å². The van der Waals surface area contributed by atoms with Gasteiger partial charge in [-0.2, -0.15) is 18.3 Å². The van der Waals surface area contributed by atoms with Crippen molar-refractivity contribution in [2.45, 2.75) is 24.8 Å². The van der Waals surface area contributed by atoms with Gasteiger partial charge in [0.1, 0.15) is 6.17 Å². The number of anilines is 1. The number of hydrogen-bond acceptors (Lipinski definition) is 6. The van der Waals surface area contributed by atoms with Crippen molar-refractivity contribution in [2.24, 2.45) is 0 Å². The van der Waals surface area contributed by atoms with Gasteiger partial charge in [-0.1, -0.05) is 24.8 Å². The lowest BCUT2D eigenvalue weighted by atomic mass is 9.99. The number of carbonyl (C=O) groups excluding carboxylic acids is 1. The number of nitrogens with zero attached hydrogens (tertiary/aromatic N) is 5. The van der Waals surface area contributed by atoms with Crippen molar-refractivity contribution in [1.82, 2.24) is 30.0 Å². The largest absolute Gasteiger partial charge is 0.417 e. The highest BCUT2D eigenvalue weighted by atomic mass is 19.4. The van der Waals surface area contributed by atoms with Crippen LogP contribution in [0.1, 0.15) is 28.2 Å². The Hall–Kier alpha value is -4.58. The summed E-state index contributed by atoms with van der Waals surface area (Å²) in [7, 11) is 1.85. The van der Waals surface area contributed by atoms with E-state index in [2.05, 4.69) is 32.3 Å². The van der Waals surface area contributed by atoms with Gasteiger partial charge in [0.2, 0.25) is 0 Å². The van der Waals surface area contributed by atoms with Crippen LogP contribution in [0.15, 0.2) is 73.8 Å². The molecule has 0 unspecified atom stereocenters. The summed E-state index contributed by atoms with van der Waals surface area (Å²) in [6, 6.07) is 9.59. The van der Waals surface area contributed by atoms with Crippen LogP contribution in [0.4, 0.5) is 23.2 Å². The summed E-state index contributed by atoms with van der Waals surface area (Å²) in [5.41, 5.74) is 0.377. The Morgan fingerprint density at radius 1 is 1.19 bits per heavy atom. The van der Waals surface area contributed by atoms with E-state index in [1.54, 1.807) is 61.1 Å². The van der Waals surface area contributed by atoms with Gasteiger partial charge < -0.3 is 15.5 Å². The lowest BCUT2D eigenvalue weighted by Crippen LogP contribution is -2.46. The fourth-order valence-corrected chi connectivity index (χ4v) is 4.80. The maximum absolute atomic E-state index is 14.8. The van der Waals surface area contributed by atoms with E-state index in [-0.39, 0.29) is 35.8 Å². The molecule has 2 atom stereocenters. The summed E-state index contributed by atoms with van der Waals surface area (Å²) in [5.74, 6) is -0.377. The number of likely N-dealkylation sites (tertiary alicyclic amines) is 1. The van der Waals surface area contributed by atoms with E-state index in [4.69, 9.17) is 0 Å². The van der Waals surface area contributed by atoms with Crippen molar-refractivity contribution in [3.63, 3.8) is 0 Å². The molecule has 218 valence electrons. The van der Waals surface area contributed by atoms with Gasteiger partial charge in [0.05, 0.1) is 46.6 Å². The first-order chi connectivity index (χ1) is 20.1. The van der Waals surface area contributed by atoms with Gasteiger partial charge in [0, 0.05) is 48.5 Å². The minimum atomic E-state index is -4.70. The molecule has 1 aliphatic heterocycles. The third kappa shape index (κ3) is 6.49. The smallest absolute Gasteiger partial charge is 0.379 e. The number of fused-ring (bicyclic) bond motifs is 1. The van der Waals surface area contributed by atoms with Gasteiger partial charge in [-0.25, -0.2) is 14.1 Å². The topological polar surface area (TPSA) is 88.0 Å². The van der Waals surface area contributed by atoms with E-state index in [1.165, 1.54) is 17.0 Å². The highest BCUT2D eigenvalue weighted by Gasteiger charge is 2.35. The van der Waals surface area contributed by atoms with Crippen molar-refractivity contribution in [3.05, 3.63) is 90.8 Å². The number of benzene rings is 1. The lowest BCUT2D eigenvalue weighted by molar-refractivity contribution is -0.0688. The van der Waals surface area contributed by atoms with E-state index in [9.17, 15) is 22.4 Å². The van der Waals surface area contributed by atoms with E-state index in [0.29, 0.717) is 35.3 Å². The van der Waals surface area contributed by atoms with Gasteiger partial charge in [-0.3, -0.25) is 9.78 Å². The maximum atomic E-state index is 14.8. The number of halogens is 4. The normalized spacial score (nSPS) is 17.9. The molecule has 1 saturated heterocycles. The van der Waals surface area contributed by atoms with Crippen molar-refractivity contribution < 1.29 is 22.4 Å². The molecule has 3 aromatic heterocycles. The number of rotatable bonds is 8. The molecule has 8 nitrogen and oxygen atoms in total. The zero-order chi connectivity index (χ0) is 29.9. The molecule has 12 heteroatoms. The van der Waals surface area contributed by atoms with Crippen LogP contribution in [0.3, 0.4) is 0 Å². The number of carbonyl (C=O) groups is 1. The van der Waals surface area contributed by atoms with Crippen LogP contribution in [0, 0.1) is 0 Å². The van der Waals surface area contributed by atoms with Crippen molar-refractivity contribution in [1.29, 1.82) is 0 Å². The molecule has 1 amide bonds. The molecular weight excluding hydrogens is 550 g/mol. The minimum absolute atomic E-state index is 0.0885. The molecule has 1 fully saturated rings. The Kier molecular flexibility index (Phi) is 8.34. The lowest BCUT2D eigenvalue weighted by Gasteiger charge is -2.33. The third-order valence-electron chi connectivity index (χ3n) is 7.03. The van der Waals surface area contributed by atoms with Crippen LogP contribution in [-0.4, -0.2) is 75.6 Å². The number of allylic oxidation sites excluding steroid dienone is 1. The Morgan fingerprint density at radius 2 is 2.02 bits per heavy atom. The highest BCUT2D eigenvalue weighted by Crippen LogP contribution is 2.37. The molecule has 0 radical (unpaired) electrons. The fraction of sp³-hybridized carbons (Fsp3) is 0.267. The van der Waals surface area contributed by atoms with Crippen molar-refractivity contribution >= 4 is 34.0 Å². The molecule has 0 spiro atoms. The second kappa shape index (κ2) is 12.1. The number of alkyl halides is 4. The van der Waals surface area contributed by atoms with E-state index in [0.717, 1.165) is 0 Å². The molecule has 42 heavy (non-hydrogen) atoms. The molecule has 0 saturated carbocycles. The summed E-state index contributed by atoms with van der Waals surface area (Å²) in [4.78, 5) is 22.8. The molecule has 0 bridgehead atoms. The third-order valence-corrected chi connectivity index (χ3v) is 7.03. The number of pyridine rings is 2. The van der Waals surface area contributed by atoms with E-state index >= 15 is 0 Å². The van der Waals surface area contributed by atoms with Crippen LogP contribution in [0.2, 0.25) is 0 Å². The van der Waals surface area contributed by atoms with Gasteiger partial charge in [-0.05, 0) is 43.8 Å². The summed E-state index contributed by atoms with van der Waals surface area (Å²) >= 11 is 0. The Labute approximate surface area is 239 Å². The van der Waals surface area contributed by atoms with Gasteiger partial charge in [0.15, 0.2) is 0 Å². The highest BCUT2D eigenvalue weighted by molar-refractivity contribution is 6.01. The zero-order valence-electron chi connectivity index (χ0n) is 22.8. The molecule has 0 aliphatic carbocycles. The Bertz CT molecular complexity index is 1620.